The van der Waals surface area contributed by atoms with Crippen molar-refractivity contribution in [3.63, 3.8) is 0 Å². The average Bonchev–Trinajstić information content (AvgIpc) is 2.03. The summed E-state index contributed by atoms with van der Waals surface area (Å²) in [6.45, 7) is 6.91. The molecule has 0 heterocycles. The van der Waals surface area contributed by atoms with Crippen LogP contribution in [-0.2, 0) is 9.53 Å². The smallest absolute Gasteiger partial charge is 0.334 e. The van der Waals surface area contributed by atoms with E-state index in [-0.39, 0.29) is 0 Å². The van der Waals surface area contributed by atoms with Crippen molar-refractivity contribution in [1.29, 1.82) is 5.26 Å². The van der Waals surface area contributed by atoms with Gasteiger partial charge in [-0.15, -0.1) is 0 Å². The van der Waals surface area contributed by atoms with Crippen molar-refractivity contribution < 1.29 is 9.53 Å². The van der Waals surface area contributed by atoms with Crippen molar-refractivity contribution in [2.75, 3.05) is 0 Å². The molecule has 0 N–H and O–H groups in total. The Morgan fingerprint density at radius 1 is 1.75 bits per heavy atom. The van der Waals surface area contributed by atoms with Crippen molar-refractivity contribution in [3.05, 3.63) is 12.2 Å². The predicted octanol–water partition coefficient (Wildman–Crippen LogP) is 1.80. The molecule has 0 aromatic heterocycles. The van der Waals surface area contributed by atoms with Crippen LogP contribution >= 0.6 is 0 Å². The summed E-state index contributed by atoms with van der Waals surface area (Å²) in [4.78, 5) is 10.9. The summed E-state index contributed by atoms with van der Waals surface area (Å²) in [6.07, 6.45) is 0.774. The maximum Gasteiger partial charge on any atom is 0.334 e. The van der Waals surface area contributed by atoms with E-state index in [2.05, 4.69) is 6.58 Å². The lowest BCUT2D eigenvalue weighted by atomic mass is 10.2. The zero-order valence-corrected chi connectivity index (χ0v) is 7.46. The first-order valence-corrected chi connectivity index (χ1v) is 3.88. The summed E-state index contributed by atoms with van der Waals surface area (Å²) >= 11 is 0. The van der Waals surface area contributed by atoms with Crippen LogP contribution in [0, 0.1) is 11.3 Å². The van der Waals surface area contributed by atoms with Crippen molar-refractivity contribution in [1.82, 2.24) is 0 Å². The lowest BCUT2D eigenvalue weighted by Gasteiger charge is -2.08. The Morgan fingerprint density at radius 3 is 2.67 bits per heavy atom. The molecule has 0 radical (unpaired) electrons. The third kappa shape index (κ3) is 3.77. The van der Waals surface area contributed by atoms with Crippen LogP contribution in [0.1, 0.15) is 26.7 Å². The maximum absolute atomic E-state index is 10.9. The predicted molar refractivity (Wildman–Crippen MR) is 45.2 cm³/mol. The Kier molecular flexibility index (Phi) is 4.78. The van der Waals surface area contributed by atoms with E-state index in [0.29, 0.717) is 12.0 Å². The van der Waals surface area contributed by atoms with Gasteiger partial charge < -0.3 is 4.74 Å². The number of nitriles is 1. The molecule has 0 aliphatic rings. The van der Waals surface area contributed by atoms with Gasteiger partial charge in [0, 0.05) is 5.57 Å². The van der Waals surface area contributed by atoms with Gasteiger partial charge >= 0.3 is 5.97 Å². The molecule has 0 saturated heterocycles. The summed E-state index contributed by atoms with van der Waals surface area (Å²) in [7, 11) is 0. The van der Waals surface area contributed by atoms with Gasteiger partial charge in [-0.25, -0.2) is 4.79 Å². The summed E-state index contributed by atoms with van der Waals surface area (Å²) in [5.41, 5.74) is 0.325. The highest BCUT2D eigenvalue weighted by Gasteiger charge is 2.12. The van der Waals surface area contributed by atoms with Gasteiger partial charge in [-0.3, -0.25) is 0 Å². The van der Waals surface area contributed by atoms with Crippen LogP contribution in [0.25, 0.3) is 0 Å². The lowest BCUT2D eigenvalue weighted by Crippen LogP contribution is -2.16. The van der Waals surface area contributed by atoms with Crippen molar-refractivity contribution in [2.24, 2.45) is 0 Å². The second-order valence-electron chi connectivity index (χ2n) is 2.59. The van der Waals surface area contributed by atoms with Crippen molar-refractivity contribution in [2.45, 2.75) is 32.8 Å². The quantitative estimate of drug-likeness (QED) is 0.474. The van der Waals surface area contributed by atoms with E-state index < -0.39 is 12.1 Å². The molecular formula is C9H13NO2. The SMILES string of the molecule is C=C(C)C(=O)OC(C#N)CCC. The second-order valence-corrected chi connectivity index (χ2v) is 2.59. The Bertz CT molecular complexity index is 215. The largest absolute Gasteiger partial charge is 0.444 e. The van der Waals surface area contributed by atoms with Crippen LogP contribution in [0.3, 0.4) is 0 Å². The molecule has 0 spiro atoms. The van der Waals surface area contributed by atoms with Gasteiger partial charge in [-0.05, 0) is 13.3 Å². The number of rotatable bonds is 4. The number of hydrogen-bond acceptors (Lipinski definition) is 3. The Balaban J connectivity index is 3.96. The van der Waals surface area contributed by atoms with Crippen molar-refractivity contribution in [3.8, 4) is 6.07 Å². The third-order valence-corrected chi connectivity index (χ3v) is 1.29. The van der Waals surface area contributed by atoms with E-state index in [0.717, 1.165) is 6.42 Å². The standard InChI is InChI=1S/C9H13NO2/c1-4-5-8(6-10)12-9(11)7(2)3/h8H,2,4-5H2,1,3H3. The molecule has 12 heavy (non-hydrogen) atoms. The minimum atomic E-state index is -0.626. The normalized spacial score (nSPS) is 11.4. The number of ether oxygens (including phenoxy) is 1. The molecule has 0 rings (SSSR count). The molecule has 0 amide bonds. The number of esters is 1. The van der Waals surface area contributed by atoms with Crippen LogP contribution in [0.4, 0.5) is 0 Å². The molecule has 0 aliphatic carbocycles. The van der Waals surface area contributed by atoms with Crippen LogP contribution in [0.5, 0.6) is 0 Å². The topological polar surface area (TPSA) is 50.1 Å². The first-order chi connectivity index (χ1) is 5.61. The Morgan fingerprint density at radius 2 is 2.33 bits per heavy atom. The second kappa shape index (κ2) is 5.36. The molecule has 0 aliphatic heterocycles. The van der Waals surface area contributed by atoms with E-state index in [9.17, 15) is 4.79 Å². The summed E-state index contributed by atoms with van der Waals surface area (Å²) in [5, 5.41) is 8.53. The van der Waals surface area contributed by atoms with Gasteiger partial charge in [0.25, 0.3) is 0 Å². The summed E-state index contributed by atoms with van der Waals surface area (Å²) < 4.78 is 4.80. The molecule has 0 saturated carbocycles. The Labute approximate surface area is 72.6 Å². The third-order valence-electron chi connectivity index (χ3n) is 1.29. The minimum absolute atomic E-state index is 0.325. The van der Waals surface area contributed by atoms with Crippen LogP contribution in [0.2, 0.25) is 0 Å². The highest BCUT2D eigenvalue weighted by molar-refractivity contribution is 5.87. The molecule has 3 heteroatoms. The van der Waals surface area contributed by atoms with E-state index in [4.69, 9.17) is 10.00 Å². The van der Waals surface area contributed by atoms with Gasteiger partial charge in [-0.2, -0.15) is 5.26 Å². The van der Waals surface area contributed by atoms with Gasteiger partial charge in [-0.1, -0.05) is 19.9 Å². The summed E-state index contributed by atoms with van der Waals surface area (Å²) in [5.74, 6) is -0.491. The first kappa shape index (κ1) is 10.7. The van der Waals surface area contributed by atoms with E-state index in [1.807, 2.05) is 13.0 Å². The number of nitrogens with zero attached hydrogens (tertiary/aromatic N) is 1. The molecule has 0 bridgehead atoms. The molecule has 1 unspecified atom stereocenters. The van der Waals surface area contributed by atoms with Gasteiger partial charge in [0.1, 0.15) is 6.07 Å². The van der Waals surface area contributed by atoms with Crippen LogP contribution in [-0.4, -0.2) is 12.1 Å². The lowest BCUT2D eigenvalue weighted by molar-refractivity contribution is -0.142. The maximum atomic E-state index is 10.9. The molecule has 0 fully saturated rings. The van der Waals surface area contributed by atoms with E-state index >= 15 is 0 Å². The van der Waals surface area contributed by atoms with E-state index in [1.165, 1.54) is 0 Å². The van der Waals surface area contributed by atoms with E-state index in [1.54, 1.807) is 6.92 Å². The van der Waals surface area contributed by atoms with Gasteiger partial charge in [0.15, 0.2) is 6.10 Å². The number of carbonyl (C=O) groups excluding carboxylic acids is 1. The van der Waals surface area contributed by atoms with Gasteiger partial charge in [0.2, 0.25) is 0 Å². The van der Waals surface area contributed by atoms with Crippen LogP contribution in [0.15, 0.2) is 12.2 Å². The molecule has 0 aromatic rings. The average molecular weight is 167 g/mol. The fourth-order valence-electron chi connectivity index (χ4n) is 0.642. The van der Waals surface area contributed by atoms with Crippen molar-refractivity contribution >= 4 is 5.97 Å². The minimum Gasteiger partial charge on any atom is -0.444 e. The first-order valence-electron chi connectivity index (χ1n) is 3.88. The highest BCUT2D eigenvalue weighted by atomic mass is 16.5. The molecule has 66 valence electrons. The zero-order chi connectivity index (χ0) is 9.56. The molecule has 3 nitrogen and oxygen atoms in total. The monoisotopic (exact) mass is 167 g/mol. The van der Waals surface area contributed by atoms with Crippen LogP contribution < -0.4 is 0 Å². The fraction of sp³-hybridized carbons (Fsp3) is 0.556. The molecular weight excluding hydrogens is 154 g/mol. The number of hydrogen-bond donors (Lipinski definition) is 0. The molecule has 1 atom stereocenters. The summed E-state index contributed by atoms with van der Waals surface area (Å²) in [6, 6.07) is 1.90. The van der Waals surface area contributed by atoms with Gasteiger partial charge in [0.05, 0.1) is 0 Å². The Hall–Kier alpha value is -1.30. The fourth-order valence-corrected chi connectivity index (χ4v) is 0.642. The number of carbonyl (C=O) groups is 1. The zero-order valence-electron chi connectivity index (χ0n) is 7.46. The highest BCUT2D eigenvalue weighted by Crippen LogP contribution is 2.03. The molecule has 0 aromatic carbocycles.